The summed E-state index contributed by atoms with van der Waals surface area (Å²) in [6.07, 6.45) is 4.77. The highest BCUT2D eigenvalue weighted by molar-refractivity contribution is 7.13. The molecule has 1 amide bonds. The number of benzene rings is 1. The number of anilines is 1. The normalized spacial score (nSPS) is 22.3. The molecule has 5 rings (SSSR count). The fourth-order valence-electron chi connectivity index (χ4n) is 5.02. The second-order valence-electron chi connectivity index (χ2n) is 9.15. The van der Waals surface area contributed by atoms with Crippen LogP contribution in [0, 0.1) is 5.92 Å². The number of aliphatic hydroxyl groups excluding tert-OH is 1. The summed E-state index contributed by atoms with van der Waals surface area (Å²) < 4.78 is 11.3. The van der Waals surface area contributed by atoms with Crippen molar-refractivity contribution in [2.75, 3.05) is 50.8 Å². The molecule has 0 radical (unpaired) electrons. The van der Waals surface area contributed by atoms with Gasteiger partial charge in [-0.15, -0.1) is 11.3 Å². The zero-order valence-corrected chi connectivity index (χ0v) is 19.6. The van der Waals surface area contributed by atoms with E-state index in [0.29, 0.717) is 43.6 Å². The Kier molecular flexibility index (Phi) is 6.99. The second-order valence-corrected chi connectivity index (χ2v) is 10.0. The molecule has 3 atom stereocenters. The number of ether oxygens (including phenoxy) is 2. The number of aromatic nitrogens is 1. The number of nitrogens with zero attached hydrogens (tertiary/aromatic N) is 3. The predicted octanol–water partition coefficient (Wildman–Crippen LogP) is 2.44. The summed E-state index contributed by atoms with van der Waals surface area (Å²) in [7, 11) is 0. The Morgan fingerprint density at radius 3 is 2.82 bits per heavy atom. The first kappa shape index (κ1) is 22.4. The topological polar surface area (TPSA) is 87.2 Å². The fraction of sp³-hybridized carbons (Fsp3) is 0.583. The van der Waals surface area contributed by atoms with Crippen LogP contribution in [0.4, 0.5) is 5.13 Å². The summed E-state index contributed by atoms with van der Waals surface area (Å²) in [5.74, 6) is 1.65. The lowest BCUT2D eigenvalue weighted by atomic mass is 9.99. The van der Waals surface area contributed by atoms with Gasteiger partial charge in [0.1, 0.15) is 19.3 Å². The van der Waals surface area contributed by atoms with Crippen molar-refractivity contribution in [2.45, 2.75) is 37.8 Å². The van der Waals surface area contributed by atoms with Crippen LogP contribution in [0.2, 0.25) is 0 Å². The summed E-state index contributed by atoms with van der Waals surface area (Å²) in [5, 5.41) is 17.4. The molecular weight excluding hydrogens is 440 g/mol. The number of rotatable bonds is 8. The van der Waals surface area contributed by atoms with E-state index in [0.717, 1.165) is 56.1 Å². The van der Waals surface area contributed by atoms with E-state index < -0.39 is 6.10 Å². The van der Waals surface area contributed by atoms with E-state index in [1.165, 1.54) is 0 Å². The third-order valence-electron chi connectivity index (χ3n) is 6.74. The third kappa shape index (κ3) is 5.42. The largest absolute Gasteiger partial charge is 0.486 e. The van der Waals surface area contributed by atoms with Crippen molar-refractivity contribution >= 4 is 22.4 Å². The molecule has 1 aromatic carbocycles. The maximum Gasteiger partial charge on any atom is 0.220 e. The second kappa shape index (κ2) is 10.3. The maximum atomic E-state index is 13.0. The zero-order valence-electron chi connectivity index (χ0n) is 18.8. The Hall–Kier alpha value is -2.36. The number of likely N-dealkylation sites (tertiary alicyclic amines) is 1. The standard InChI is InChI=1S/C24H32N4O4S/c29-22(13-17-5-9-28(15-17)24-25-6-12-33-24)26-19(16-27-7-1-2-8-27)23(30)18-3-4-20-21(14-18)32-11-10-31-20/h3-4,6,12,14,17,19,23,30H,1-2,5,7-11,13,15-16H2,(H,26,29). The van der Waals surface area contributed by atoms with Crippen molar-refractivity contribution in [1.29, 1.82) is 0 Å². The van der Waals surface area contributed by atoms with Gasteiger partial charge in [-0.25, -0.2) is 4.98 Å². The minimum absolute atomic E-state index is 0.00165. The molecule has 2 N–H and O–H groups in total. The van der Waals surface area contributed by atoms with E-state index in [2.05, 4.69) is 20.1 Å². The van der Waals surface area contributed by atoms with Crippen LogP contribution in [0.3, 0.4) is 0 Å². The van der Waals surface area contributed by atoms with Gasteiger partial charge >= 0.3 is 0 Å². The average molecular weight is 473 g/mol. The molecule has 33 heavy (non-hydrogen) atoms. The first-order chi connectivity index (χ1) is 16.2. The lowest BCUT2D eigenvalue weighted by Gasteiger charge is -2.30. The number of hydrogen-bond acceptors (Lipinski definition) is 8. The van der Waals surface area contributed by atoms with Crippen molar-refractivity contribution in [3.05, 3.63) is 35.3 Å². The molecule has 3 unspecified atom stereocenters. The van der Waals surface area contributed by atoms with Crippen molar-refractivity contribution < 1.29 is 19.4 Å². The van der Waals surface area contributed by atoms with Gasteiger partial charge in [-0.05, 0) is 56.0 Å². The molecule has 1 aromatic heterocycles. The number of amides is 1. The highest BCUT2D eigenvalue weighted by Crippen LogP contribution is 2.34. The Morgan fingerprint density at radius 2 is 2.03 bits per heavy atom. The SMILES string of the molecule is O=C(CC1CCN(c2nccs2)C1)NC(CN1CCCC1)C(O)c1ccc2c(c1)OCCO2. The summed E-state index contributed by atoms with van der Waals surface area (Å²) in [4.78, 5) is 22.0. The first-order valence-corrected chi connectivity index (χ1v) is 12.8. The van der Waals surface area contributed by atoms with Crippen molar-refractivity contribution in [3.8, 4) is 11.5 Å². The lowest BCUT2D eigenvalue weighted by molar-refractivity contribution is -0.123. The van der Waals surface area contributed by atoms with Gasteiger partial charge in [0.2, 0.25) is 5.91 Å². The molecule has 0 saturated carbocycles. The van der Waals surface area contributed by atoms with E-state index >= 15 is 0 Å². The Labute approximate surface area is 198 Å². The Morgan fingerprint density at radius 1 is 1.21 bits per heavy atom. The van der Waals surface area contributed by atoms with Crippen LogP contribution in [0.1, 0.15) is 37.4 Å². The van der Waals surface area contributed by atoms with E-state index in [-0.39, 0.29) is 11.9 Å². The minimum Gasteiger partial charge on any atom is -0.486 e. The third-order valence-corrected chi connectivity index (χ3v) is 7.57. The van der Waals surface area contributed by atoms with Gasteiger partial charge in [-0.2, -0.15) is 0 Å². The Bertz CT molecular complexity index is 935. The van der Waals surface area contributed by atoms with Crippen molar-refractivity contribution in [1.82, 2.24) is 15.2 Å². The number of aliphatic hydroxyl groups is 1. The van der Waals surface area contributed by atoms with Gasteiger partial charge in [-0.3, -0.25) is 4.79 Å². The van der Waals surface area contributed by atoms with Crippen LogP contribution in [-0.2, 0) is 4.79 Å². The van der Waals surface area contributed by atoms with E-state index in [9.17, 15) is 9.90 Å². The average Bonchev–Trinajstić information content (AvgIpc) is 3.60. The summed E-state index contributed by atoms with van der Waals surface area (Å²) in [6, 6.07) is 5.16. The maximum absolute atomic E-state index is 13.0. The number of carbonyl (C=O) groups excluding carboxylic acids is 1. The molecule has 178 valence electrons. The highest BCUT2D eigenvalue weighted by atomic mass is 32.1. The van der Waals surface area contributed by atoms with Crippen LogP contribution < -0.4 is 19.7 Å². The van der Waals surface area contributed by atoms with Crippen LogP contribution >= 0.6 is 11.3 Å². The molecule has 3 aliphatic rings. The first-order valence-electron chi connectivity index (χ1n) is 11.9. The molecule has 9 heteroatoms. The molecule has 0 aliphatic carbocycles. The van der Waals surface area contributed by atoms with E-state index in [4.69, 9.17) is 9.47 Å². The minimum atomic E-state index is -0.819. The highest BCUT2D eigenvalue weighted by Gasteiger charge is 2.30. The van der Waals surface area contributed by atoms with Gasteiger partial charge in [0, 0.05) is 37.6 Å². The van der Waals surface area contributed by atoms with E-state index in [1.807, 2.05) is 29.8 Å². The van der Waals surface area contributed by atoms with Crippen LogP contribution in [-0.4, -0.2) is 72.9 Å². The number of hydrogen-bond donors (Lipinski definition) is 2. The molecule has 0 spiro atoms. The number of nitrogens with one attached hydrogen (secondary N) is 1. The molecule has 2 saturated heterocycles. The number of thiazole rings is 1. The molecule has 2 aromatic rings. The van der Waals surface area contributed by atoms with Crippen molar-refractivity contribution in [2.24, 2.45) is 5.92 Å². The number of carbonyl (C=O) groups is 1. The molecule has 0 bridgehead atoms. The molecule has 2 fully saturated rings. The smallest absolute Gasteiger partial charge is 0.220 e. The molecule has 4 heterocycles. The van der Waals surface area contributed by atoms with E-state index in [1.54, 1.807) is 11.3 Å². The predicted molar refractivity (Wildman–Crippen MR) is 127 cm³/mol. The van der Waals surface area contributed by atoms with Crippen LogP contribution in [0.25, 0.3) is 0 Å². The quantitative estimate of drug-likeness (QED) is 0.610. The van der Waals surface area contributed by atoms with Gasteiger partial charge in [0.05, 0.1) is 6.04 Å². The monoisotopic (exact) mass is 472 g/mol. The number of fused-ring (bicyclic) bond motifs is 1. The zero-order chi connectivity index (χ0) is 22.6. The Balaban J connectivity index is 1.23. The summed E-state index contributed by atoms with van der Waals surface area (Å²) in [5.41, 5.74) is 0.736. The molecule has 3 aliphatic heterocycles. The van der Waals surface area contributed by atoms with Gasteiger partial charge in [0.15, 0.2) is 16.6 Å². The summed E-state index contributed by atoms with van der Waals surface area (Å²) in [6.45, 7) is 5.46. The van der Waals surface area contributed by atoms with Crippen LogP contribution in [0.5, 0.6) is 11.5 Å². The molecular formula is C24H32N4O4S. The van der Waals surface area contributed by atoms with Crippen LogP contribution in [0.15, 0.2) is 29.8 Å². The fourth-order valence-corrected chi connectivity index (χ4v) is 5.70. The van der Waals surface area contributed by atoms with Gasteiger partial charge < -0.3 is 29.7 Å². The molecule has 8 nitrogen and oxygen atoms in total. The van der Waals surface area contributed by atoms with Gasteiger partial charge in [-0.1, -0.05) is 6.07 Å². The van der Waals surface area contributed by atoms with Gasteiger partial charge in [0.25, 0.3) is 0 Å². The van der Waals surface area contributed by atoms with Crippen molar-refractivity contribution in [3.63, 3.8) is 0 Å². The lowest BCUT2D eigenvalue weighted by Crippen LogP contribution is -2.47. The summed E-state index contributed by atoms with van der Waals surface area (Å²) >= 11 is 1.64.